The molecule has 9 nitrogen and oxygen atoms in total. The van der Waals surface area contributed by atoms with E-state index in [0.29, 0.717) is 24.2 Å². The van der Waals surface area contributed by atoms with Crippen molar-refractivity contribution in [2.75, 3.05) is 20.3 Å². The standard InChI is InChI=1S/C27H34N6O3Si/c1-26(2,3)37(21-11-7-5-8-12-21,22-13-9-6-10-14-22)35-16-20-15-27(17-34,36-32(20)4)33-19-31-25-23(24(33)28)29-18-30-25/h5-14,18-20,28,34H,15-17H2,1-4H3,(H,29,30)/t20-,27-/m1/s1. The molecule has 1 aliphatic rings. The quantitative estimate of drug-likeness (QED) is 0.323. The molecule has 0 saturated carbocycles. The molecule has 1 saturated heterocycles. The summed E-state index contributed by atoms with van der Waals surface area (Å²) in [6.07, 6.45) is 3.45. The normalized spacial score (nSPS) is 21.1. The number of aromatic amines is 1. The Morgan fingerprint density at radius 3 is 2.30 bits per heavy atom. The Bertz CT molecular complexity index is 1380. The summed E-state index contributed by atoms with van der Waals surface area (Å²) in [7, 11) is -0.884. The molecule has 0 unspecified atom stereocenters. The van der Waals surface area contributed by atoms with Gasteiger partial charge in [0.1, 0.15) is 11.8 Å². The molecule has 4 aromatic rings. The lowest BCUT2D eigenvalue weighted by Gasteiger charge is -2.43. The molecule has 0 bridgehead atoms. The van der Waals surface area contributed by atoms with Gasteiger partial charge in [-0.15, -0.1) is 0 Å². The predicted octanol–water partition coefficient (Wildman–Crippen LogP) is 2.10. The van der Waals surface area contributed by atoms with Crippen LogP contribution in [0, 0.1) is 5.41 Å². The van der Waals surface area contributed by atoms with Crippen molar-refractivity contribution in [1.82, 2.24) is 24.6 Å². The number of hydrogen-bond donors (Lipinski definition) is 3. The second-order valence-electron chi connectivity index (χ2n) is 10.6. The van der Waals surface area contributed by atoms with Gasteiger partial charge in [-0.05, 0) is 15.4 Å². The van der Waals surface area contributed by atoms with E-state index in [0.717, 1.165) is 0 Å². The number of benzene rings is 2. The van der Waals surface area contributed by atoms with Gasteiger partial charge in [0.25, 0.3) is 8.32 Å². The monoisotopic (exact) mass is 518 g/mol. The fourth-order valence-electron chi connectivity index (χ4n) is 5.49. The highest BCUT2D eigenvalue weighted by molar-refractivity contribution is 6.99. The van der Waals surface area contributed by atoms with E-state index in [2.05, 4.69) is 84.3 Å². The summed E-state index contributed by atoms with van der Waals surface area (Å²) >= 11 is 0. The van der Waals surface area contributed by atoms with Gasteiger partial charge in [-0.1, -0.05) is 81.4 Å². The topological polar surface area (TPSA) is 112 Å². The van der Waals surface area contributed by atoms with Crippen LogP contribution in [0.25, 0.3) is 11.2 Å². The smallest absolute Gasteiger partial charge is 0.261 e. The third-order valence-corrected chi connectivity index (χ3v) is 12.4. The molecule has 194 valence electrons. The molecule has 0 amide bonds. The zero-order valence-electron chi connectivity index (χ0n) is 21.7. The number of aromatic nitrogens is 4. The van der Waals surface area contributed by atoms with E-state index in [4.69, 9.17) is 14.7 Å². The van der Waals surface area contributed by atoms with Crippen LogP contribution in [-0.4, -0.2) is 64.3 Å². The number of likely N-dealkylation sites (N-methyl/N-ethyl adjacent to an activating group) is 1. The summed E-state index contributed by atoms with van der Waals surface area (Å²) in [6.45, 7) is 6.84. The summed E-state index contributed by atoms with van der Waals surface area (Å²) in [4.78, 5) is 17.7. The lowest BCUT2D eigenvalue weighted by molar-refractivity contribution is -0.240. The zero-order valence-corrected chi connectivity index (χ0v) is 22.7. The molecule has 0 aliphatic carbocycles. The number of hydroxylamine groups is 2. The molecule has 1 fully saturated rings. The van der Waals surface area contributed by atoms with Crippen LogP contribution in [0.15, 0.2) is 73.3 Å². The van der Waals surface area contributed by atoms with Crippen LogP contribution in [0.3, 0.4) is 0 Å². The summed E-state index contributed by atoms with van der Waals surface area (Å²) in [5.41, 5.74) is -0.0724. The molecule has 37 heavy (non-hydrogen) atoms. The number of fused-ring (bicyclic) bond motifs is 1. The van der Waals surface area contributed by atoms with Crippen LogP contribution in [0.2, 0.25) is 5.04 Å². The van der Waals surface area contributed by atoms with Crippen molar-refractivity contribution in [2.45, 2.75) is 44.0 Å². The molecule has 2 aromatic carbocycles. The first-order valence-electron chi connectivity index (χ1n) is 12.5. The average molecular weight is 519 g/mol. The van der Waals surface area contributed by atoms with E-state index < -0.39 is 14.0 Å². The highest BCUT2D eigenvalue weighted by Crippen LogP contribution is 2.39. The Morgan fingerprint density at radius 2 is 1.73 bits per heavy atom. The molecule has 2 atom stereocenters. The summed E-state index contributed by atoms with van der Waals surface area (Å²) < 4.78 is 8.71. The molecule has 1 aliphatic heterocycles. The fraction of sp³-hybridized carbons (Fsp3) is 0.370. The zero-order chi connectivity index (χ0) is 26.3. The number of nitrogens with zero attached hydrogens (tertiary/aromatic N) is 4. The maximum Gasteiger partial charge on any atom is 0.261 e. The minimum Gasteiger partial charge on any atom is -0.406 e. The van der Waals surface area contributed by atoms with Crippen LogP contribution in [0.1, 0.15) is 27.2 Å². The Kier molecular flexibility index (Phi) is 6.63. The van der Waals surface area contributed by atoms with Crippen LogP contribution in [0.5, 0.6) is 0 Å². The molecular formula is C27H34N6O3Si. The maximum absolute atomic E-state index is 10.5. The van der Waals surface area contributed by atoms with Gasteiger partial charge >= 0.3 is 0 Å². The Morgan fingerprint density at radius 1 is 1.11 bits per heavy atom. The van der Waals surface area contributed by atoms with Gasteiger partial charge in [0.05, 0.1) is 25.6 Å². The Labute approximate surface area is 217 Å². The molecule has 3 N–H and O–H groups in total. The van der Waals surface area contributed by atoms with E-state index >= 15 is 0 Å². The first kappa shape index (κ1) is 25.5. The number of aliphatic hydroxyl groups excluding tert-OH is 1. The van der Waals surface area contributed by atoms with Gasteiger partial charge in [0, 0.05) is 13.5 Å². The number of nitrogens with one attached hydrogen (secondary N) is 2. The summed E-state index contributed by atoms with van der Waals surface area (Å²) in [5.74, 6) is 0. The highest BCUT2D eigenvalue weighted by Gasteiger charge is 2.52. The Hall–Kier alpha value is -3.15. The van der Waals surface area contributed by atoms with Crippen LogP contribution in [-0.2, 0) is 15.0 Å². The lowest BCUT2D eigenvalue weighted by Crippen LogP contribution is -2.67. The highest BCUT2D eigenvalue weighted by atomic mass is 28.4. The van der Waals surface area contributed by atoms with Gasteiger partial charge in [0.15, 0.2) is 16.9 Å². The van der Waals surface area contributed by atoms with Crippen LogP contribution < -0.4 is 15.9 Å². The van der Waals surface area contributed by atoms with Crippen LogP contribution in [0.4, 0.5) is 0 Å². The predicted molar refractivity (Wildman–Crippen MR) is 144 cm³/mol. The molecule has 0 spiro atoms. The average Bonchev–Trinajstić information content (AvgIpc) is 3.50. The largest absolute Gasteiger partial charge is 0.406 e. The number of hydrogen-bond acceptors (Lipinski definition) is 7. The number of aliphatic hydroxyl groups is 1. The van der Waals surface area contributed by atoms with E-state index in [1.54, 1.807) is 9.63 Å². The van der Waals surface area contributed by atoms with Crippen molar-refractivity contribution < 1.29 is 14.4 Å². The molecule has 0 radical (unpaired) electrons. The van der Waals surface area contributed by atoms with Crippen molar-refractivity contribution in [1.29, 1.82) is 5.41 Å². The third kappa shape index (κ3) is 4.24. The van der Waals surface area contributed by atoms with Crippen molar-refractivity contribution in [2.24, 2.45) is 0 Å². The SMILES string of the molecule is CN1O[C@](CO)(n2cnc3nc[nH]c3c2=N)C[C@@H]1CO[Si](c1ccccc1)(c1ccccc1)C(C)(C)C. The lowest BCUT2D eigenvalue weighted by atomic mass is 10.1. The minimum absolute atomic E-state index is 0.151. The summed E-state index contributed by atoms with van der Waals surface area (Å²) in [6, 6.07) is 20.9. The van der Waals surface area contributed by atoms with E-state index in [-0.39, 0.29) is 23.2 Å². The number of H-pyrrole nitrogens is 1. The minimum atomic E-state index is -2.73. The van der Waals surface area contributed by atoms with Crippen LogP contribution >= 0.6 is 0 Å². The molecular weight excluding hydrogens is 484 g/mol. The van der Waals surface area contributed by atoms with Gasteiger partial charge in [-0.2, -0.15) is 5.06 Å². The maximum atomic E-state index is 10.5. The molecule has 10 heteroatoms. The summed E-state index contributed by atoms with van der Waals surface area (Å²) in [5, 5.41) is 23.2. The van der Waals surface area contributed by atoms with Crippen molar-refractivity contribution in [3.63, 3.8) is 0 Å². The first-order chi connectivity index (χ1) is 17.7. The second kappa shape index (κ2) is 9.62. The number of imidazole rings is 1. The van der Waals surface area contributed by atoms with Gasteiger partial charge in [-0.3, -0.25) is 14.8 Å². The second-order valence-corrected chi connectivity index (χ2v) is 14.9. The number of rotatable bonds is 7. The van der Waals surface area contributed by atoms with E-state index in [1.807, 2.05) is 19.2 Å². The van der Waals surface area contributed by atoms with Gasteiger partial charge in [0.2, 0.25) is 0 Å². The third-order valence-electron chi connectivity index (χ3n) is 7.37. The molecule has 3 heterocycles. The van der Waals surface area contributed by atoms with Crippen molar-refractivity contribution in [3.8, 4) is 0 Å². The Balaban J connectivity index is 1.50. The molecule has 2 aromatic heterocycles. The molecule has 5 rings (SSSR count). The van der Waals surface area contributed by atoms with Crippen molar-refractivity contribution >= 4 is 29.9 Å². The first-order valence-corrected chi connectivity index (χ1v) is 14.4. The van der Waals surface area contributed by atoms with E-state index in [1.165, 1.54) is 23.0 Å². The van der Waals surface area contributed by atoms with Gasteiger partial charge in [-0.25, -0.2) is 9.97 Å². The van der Waals surface area contributed by atoms with Gasteiger partial charge < -0.3 is 14.5 Å². The fourth-order valence-corrected chi connectivity index (χ4v) is 10.1. The van der Waals surface area contributed by atoms with E-state index in [9.17, 15) is 5.11 Å². The van der Waals surface area contributed by atoms with Crippen molar-refractivity contribution in [3.05, 3.63) is 78.8 Å².